The van der Waals surface area contributed by atoms with E-state index in [9.17, 15) is 4.79 Å². The zero-order chi connectivity index (χ0) is 10.8. The highest BCUT2D eigenvalue weighted by molar-refractivity contribution is 5.80. The third-order valence-corrected chi connectivity index (χ3v) is 1.53. The molecular formula is C11H16N2O. The molecular weight excluding hydrogens is 176 g/mol. The van der Waals surface area contributed by atoms with E-state index in [4.69, 9.17) is 5.73 Å². The van der Waals surface area contributed by atoms with Crippen LogP contribution in [0, 0.1) is 0 Å². The molecule has 1 amide bonds. The van der Waals surface area contributed by atoms with Gasteiger partial charge in [-0.15, -0.1) is 0 Å². The smallest absolute Gasteiger partial charge is 0.240 e. The summed E-state index contributed by atoms with van der Waals surface area (Å²) in [5.74, 6) is -0.387. The van der Waals surface area contributed by atoms with E-state index in [2.05, 4.69) is 18.5 Å². The Hall–Kier alpha value is -1.77. The third kappa shape index (κ3) is 5.83. The highest BCUT2D eigenvalue weighted by Gasteiger charge is 2.09. The van der Waals surface area contributed by atoms with Gasteiger partial charge in [0.25, 0.3) is 0 Å². The maximum Gasteiger partial charge on any atom is 0.240 e. The summed E-state index contributed by atoms with van der Waals surface area (Å²) < 4.78 is 0. The Morgan fingerprint density at radius 2 is 2.07 bits per heavy atom. The molecule has 0 saturated heterocycles. The van der Waals surface area contributed by atoms with Gasteiger partial charge in [0, 0.05) is 0 Å². The number of amides is 1. The predicted molar refractivity (Wildman–Crippen MR) is 59.4 cm³/mol. The number of carbonyl (C=O) groups is 1. The van der Waals surface area contributed by atoms with Gasteiger partial charge in [-0.2, -0.15) is 0 Å². The van der Waals surface area contributed by atoms with Crippen LogP contribution in [0.15, 0.2) is 49.7 Å². The number of primary amides is 1. The van der Waals surface area contributed by atoms with Gasteiger partial charge in [-0.05, 0) is 12.6 Å². The lowest BCUT2D eigenvalue weighted by atomic mass is 10.2. The number of hydrogen-bond donors (Lipinski definition) is 2. The van der Waals surface area contributed by atoms with E-state index in [1.165, 1.54) is 6.20 Å². The molecule has 0 saturated carbocycles. The fourth-order valence-corrected chi connectivity index (χ4v) is 0.845. The summed E-state index contributed by atoms with van der Waals surface area (Å²) in [6, 6.07) is -0.388. The zero-order valence-electron chi connectivity index (χ0n) is 8.15. The molecule has 0 unspecified atom stereocenters. The largest absolute Gasteiger partial charge is 0.380 e. The Bertz CT molecular complexity index is 254. The minimum Gasteiger partial charge on any atom is -0.380 e. The van der Waals surface area contributed by atoms with Gasteiger partial charge in [-0.3, -0.25) is 4.79 Å². The van der Waals surface area contributed by atoms with Crippen molar-refractivity contribution in [2.45, 2.75) is 12.5 Å². The SMILES string of the molecule is C=C/C=C\C=C\C[C@H](NC=C)C(N)=O. The molecule has 0 spiro atoms. The van der Waals surface area contributed by atoms with Gasteiger partial charge in [0.05, 0.1) is 0 Å². The lowest BCUT2D eigenvalue weighted by molar-refractivity contribution is -0.119. The molecule has 3 nitrogen and oxygen atoms in total. The number of nitrogens with one attached hydrogen (secondary N) is 1. The molecule has 0 heterocycles. The summed E-state index contributed by atoms with van der Waals surface area (Å²) in [6.07, 6.45) is 11.0. The molecule has 0 bridgehead atoms. The summed E-state index contributed by atoms with van der Waals surface area (Å²) in [7, 11) is 0. The molecule has 0 aliphatic rings. The molecule has 0 aromatic carbocycles. The van der Waals surface area contributed by atoms with Crippen molar-refractivity contribution < 1.29 is 4.79 Å². The molecule has 0 rings (SSSR count). The van der Waals surface area contributed by atoms with Crippen LogP contribution in [0.5, 0.6) is 0 Å². The summed E-state index contributed by atoms with van der Waals surface area (Å²) in [5.41, 5.74) is 5.15. The number of allylic oxidation sites excluding steroid dienone is 4. The second-order valence-corrected chi connectivity index (χ2v) is 2.61. The van der Waals surface area contributed by atoms with Crippen LogP contribution < -0.4 is 11.1 Å². The molecule has 0 aromatic rings. The van der Waals surface area contributed by atoms with Crippen molar-refractivity contribution in [1.29, 1.82) is 0 Å². The molecule has 0 aliphatic heterocycles. The minimum absolute atomic E-state index is 0.387. The van der Waals surface area contributed by atoms with E-state index >= 15 is 0 Å². The average molecular weight is 192 g/mol. The fraction of sp³-hybridized carbons (Fsp3) is 0.182. The van der Waals surface area contributed by atoms with E-state index in [1.54, 1.807) is 12.2 Å². The molecule has 3 N–H and O–H groups in total. The first-order valence-corrected chi connectivity index (χ1v) is 4.33. The maximum absolute atomic E-state index is 10.9. The quantitative estimate of drug-likeness (QED) is 0.597. The lowest BCUT2D eigenvalue weighted by Crippen LogP contribution is -2.37. The van der Waals surface area contributed by atoms with Gasteiger partial charge in [0.15, 0.2) is 0 Å². The number of nitrogens with two attached hydrogens (primary N) is 1. The Kier molecular flexibility index (Phi) is 6.86. The van der Waals surface area contributed by atoms with E-state index in [1.807, 2.05) is 18.2 Å². The third-order valence-electron chi connectivity index (χ3n) is 1.53. The summed E-state index contributed by atoms with van der Waals surface area (Å²) in [5, 5.41) is 2.77. The van der Waals surface area contributed by atoms with Crippen LogP contribution >= 0.6 is 0 Å². The van der Waals surface area contributed by atoms with Crippen LogP contribution in [0.1, 0.15) is 6.42 Å². The van der Waals surface area contributed by atoms with E-state index in [0.29, 0.717) is 6.42 Å². The van der Waals surface area contributed by atoms with Crippen LogP contribution in [0.25, 0.3) is 0 Å². The van der Waals surface area contributed by atoms with Crippen LogP contribution in [0.3, 0.4) is 0 Å². The molecule has 0 aliphatic carbocycles. The van der Waals surface area contributed by atoms with Gasteiger partial charge in [-0.25, -0.2) is 0 Å². The maximum atomic E-state index is 10.9. The van der Waals surface area contributed by atoms with E-state index < -0.39 is 0 Å². The zero-order valence-corrected chi connectivity index (χ0v) is 8.15. The summed E-state index contributed by atoms with van der Waals surface area (Å²) >= 11 is 0. The van der Waals surface area contributed by atoms with Gasteiger partial charge >= 0.3 is 0 Å². The van der Waals surface area contributed by atoms with Crippen molar-refractivity contribution >= 4 is 5.91 Å². The van der Waals surface area contributed by atoms with E-state index in [0.717, 1.165) is 0 Å². The van der Waals surface area contributed by atoms with E-state index in [-0.39, 0.29) is 11.9 Å². The average Bonchev–Trinajstić information content (AvgIpc) is 2.15. The molecule has 0 aromatic heterocycles. The van der Waals surface area contributed by atoms with Crippen molar-refractivity contribution in [1.82, 2.24) is 5.32 Å². The van der Waals surface area contributed by atoms with Gasteiger partial charge in [-0.1, -0.05) is 43.5 Å². The van der Waals surface area contributed by atoms with Crippen molar-refractivity contribution in [3.8, 4) is 0 Å². The Morgan fingerprint density at radius 3 is 2.57 bits per heavy atom. The molecule has 0 radical (unpaired) electrons. The standard InChI is InChI=1S/C11H16N2O/c1-3-5-6-7-8-9-10(11(12)14)13-4-2/h3-8,10,13H,1-2,9H2,(H2,12,14)/b6-5-,8-7+/t10-/m0/s1. The predicted octanol–water partition coefficient (Wildman–Crippen LogP) is 1.26. The normalized spacial score (nSPS) is 12.9. The minimum atomic E-state index is -0.388. The van der Waals surface area contributed by atoms with Crippen LogP contribution in [-0.2, 0) is 4.79 Å². The van der Waals surface area contributed by atoms with Gasteiger partial charge in [0.1, 0.15) is 6.04 Å². The molecule has 3 heteroatoms. The Morgan fingerprint density at radius 1 is 1.36 bits per heavy atom. The molecule has 1 atom stereocenters. The first-order valence-electron chi connectivity index (χ1n) is 4.33. The van der Waals surface area contributed by atoms with Crippen LogP contribution in [0.2, 0.25) is 0 Å². The summed E-state index contributed by atoms with van der Waals surface area (Å²) in [6.45, 7) is 7.00. The Labute approximate surface area is 84.7 Å². The molecule has 0 fully saturated rings. The number of rotatable bonds is 7. The topological polar surface area (TPSA) is 55.1 Å². The first kappa shape index (κ1) is 12.2. The van der Waals surface area contributed by atoms with Crippen molar-refractivity contribution in [2.75, 3.05) is 0 Å². The van der Waals surface area contributed by atoms with Crippen molar-refractivity contribution in [3.05, 3.63) is 49.7 Å². The monoisotopic (exact) mass is 192 g/mol. The fourth-order valence-electron chi connectivity index (χ4n) is 0.845. The number of carbonyl (C=O) groups excluding carboxylic acids is 1. The van der Waals surface area contributed by atoms with Crippen LogP contribution in [0.4, 0.5) is 0 Å². The Balaban J connectivity index is 3.98. The van der Waals surface area contributed by atoms with Gasteiger partial charge < -0.3 is 11.1 Å². The highest BCUT2D eigenvalue weighted by atomic mass is 16.1. The van der Waals surface area contributed by atoms with Crippen molar-refractivity contribution in [3.63, 3.8) is 0 Å². The first-order chi connectivity index (χ1) is 6.72. The highest BCUT2D eigenvalue weighted by Crippen LogP contribution is 1.93. The molecule has 76 valence electrons. The van der Waals surface area contributed by atoms with Crippen LogP contribution in [-0.4, -0.2) is 11.9 Å². The van der Waals surface area contributed by atoms with Gasteiger partial charge in [0.2, 0.25) is 5.91 Å². The molecule has 14 heavy (non-hydrogen) atoms. The lowest BCUT2D eigenvalue weighted by Gasteiger charge is -2.09. The summed E-state index contributed by atoms with van der Waals surface area (Å²) in [4.78, 5) is 10.9. The second kappa shape index (κ2) is 7.86. The number of hydrogen-bond acceptors (Lipinski definition) is 2. The second-order valence-electron chi connectivity index (χ2n) is 2.61. The van der Waals surface area contributed by atoms with Crippen molar-refractivity contribution in [2.24, 2.45) is 5.73 Å².